The molecule has 0 fully saturated rings. The second-order valence-corrected chi connectivity index (χ2v) is 9.49. The van der Waals surface area contributed by atoms with E-state index in [1.54, 1.807) is 28.9 Å². The number of aryl methyl sites for hydroxylation is 1. The normalized spacial score (nSPS) is 10.9. The lowest BCUT2D eigenvalue weighted by atomic mass is 10.2. The van der Waals surface area contributed by atoms with E-state index in [2.05, 4.69) is 33.0 Å². The number of aromatic nitrogens is 2. The first-order valence-corrected chi connectivity index (χ1v) is 11.9. The molecule has 6 nitrogen and oxygen atoms in total. The largest absolute Gasteiger partial charge is 0.486 e. The third-order valence-electron chi connectivity index (χ3n) is 5.04. The summed E-state index contributed by atoms with van der Waals surface area (Å²) in [5, 5.41) is 8.60. The smallest absolute Gasteiger partial charge is 0.291 e. The Balaban J connectivity index is 1.42. The van der Waals surface area contributed by atoms with Crippen molar-refractivity contribution in [2.24, 2.45) is 0 Å². The summed E-state index contributed by atoms with van der Waals surface area (Å²) in [5.74, 6) is 1.13. The molecule has 2 heterocycles. The van der Waals surface area contributed by atoms with Crippen molar-refractivity contribution >= 4 is 57.4 Å². The van der Waals surface area contributed by atoms with E-state index in [0.29, 0.717) is 33.7 Å². The summed E-state index contributed by atoms with van der Waals surface area (Å²) in [4.78, 5) is 12.8. The molecule has 0 atom stereocenters. The number of nitrogens with one attached hydrogen (secondary N) is 1. The molecule has 9 heteroatoms. The second-order valence-electron chi connectivity index (χ2n) is 7.40. The number of furan rings is 1. The molecule has 4 rings (SSSR count). The first-order valence-electron chi connectivity index (χ1n) is 10.1. The number of halogens is 3. The third kappa shape index (κ3) is 5.72. The molecule has 0 saturated heterocycles. The molecule has 0 aliphatic heterocycles. The lowest BCUT2D eigenvalue weighted by Gasteiger charge is -2.08. The molecular formula is C24H20Cl2IN3O3. The monoisotopic (exact) mass is 595 g/mol. The van der Waals surface area contributed by atoms with Gasteiger partial charge in [-0.15, -0.1) is 0 Å². The van der Waals surface area contributed by atoms with Crippen LogP contribution in [0.3, 0.4) is 0 Å². The van der Waals surface area contributed by atoms with Crippen LogP contribution in [0.2, 0.25) is 10.0 Å². The van der Waals surface area contributed by atoms with Crippen LogP contribution in [0.4, 0.5) is 5.69 Å². The number of carbonyl (C=O) groups is 1. The Morgan fingerprint density at radius 3 is 2.61 bits per heavy atom. The summed E-state index contributed by atoms with van der Waals surface area (Å²) in [7, 11) is 0. The maximum Gasteiger partial charge on any atom is 0.291 e. The average Bonchev–Trinajstić information content (AvgIpc) is 3.36. The zero-order valence-electron chi connectivity index (χ0n) is 17.9. The van der Waals surface area contributed by atoms with Crippen LogP contribution in [0.25, 0.3) is 0 Å². The van der Waals surface area contributed by atoms with Crippen LogP contribution in [0.5, 0.6) is 5.75 Å². The highest BCUT2D eigenvalue weighted by atomic mass is 127. The standard InChI is InChI=1S/C24H20Cl2IN3O3/c1-14-23(15(2)30(29-14)12-16-3-4-17(25)11-21(16)26)28-24(31)22-10-9-20(33-22)13-32-19-7-5-18(27)6-8-19/h3-11H,12-13H2,1-2H3,(H,28,31). The van der Waals surface area contributed by atoms with Gasteiger partial charge in [-0.1, -0.05) is 29.3 Å². The molecule has 0 aliphatic carbocycles. The Morgan fingerprint density at radius 2 is 1.88 bits per heavy atom. The minimum Gasteiger partial charge on any atom is -0.486 e. The number of anilines is 1. The van der Waals surface area contributed by atoms with Crippen LogP contribution in [0.15, 0.2) is 59.0 Å². The van der Waals surface area contributed by atoms with E-state index in [1.165, 1.54) is 0 Å². The Kier molecular flexibility index (Phi) is 7.31. The topological polar surface area (TPSA) is 69.3 Å². The van der Waals surface area contributed by atoms with E-state index in [9.17, 15) is 4.79 Å². The highest BCUT2D eigenvalue weighted by Gasteiger charge is 2.18. The summed E-state index contributed by atoms with van der Waals surface area (Å²) in [6, 6.07) is 16.4. The molecule has 1 N–H and O–H groups in total. The number of hydrogen-bond donors (Lipinski definition) is 1. The van der Waals surface area contributed by atoms with E-state index in [4.69, 9.17) is 32.4 Å². The van der Waals surface area contributed by atoms with E-state index >= 15 is 0 Å². The van der Waals surface area contributed by atoms with Gasteiger partial charge in [-0.25, -0.2) is 0 Å². The van der Waals surface area contributed by atoms with Crippen LogP contribution in [-0.2, 0) is 13.2 Å². The summed E-state index contributed by atoms with van der Waals surface area (Å²) in [6.07, 6.45) is 0. The van der Waals surface area contributed by atoms with Crippen LogP contribution in [0.1, 0.15) is 33.3 Å². The molecule has 4 aromatic rings. The fourth-order valence-electron chi connectivity index (χ4n) is 3.28. The fourth-order valence-corrected chi connectivity index (χ4v) is 4.11. The Labute approximate surface area is 215 Å². The van der Waals surface area contributed by atoms with Crippen LogP contribution in [0, 0.1) is 17.4 Å². The lowest BCUT2D eigenvalue weighted by molar-refractivity contribution is 0.0992. The highest BCUT2D eigenvalue weighted by molar-refractivity contribution is 14.1. The molecule has 0 spiro atoms. The number of amides is 1. The van der Waals surface area contributed by atoms with Gasteiger partial charge < -0.3 is 14.5 Å². The van der Waals surface area contributed by atoms with Crippen molar-refractivity contribution in [3.8, 4) is 5.75 Å². The number of hydrogen-bond acceptors (Lipinski definition) is 4. The summed E-state index contributed by atoms with van der Waals surface area (Å²) in [6.45, 7) is 4.41. The molecule has 0 radical (unpaired) electrons. The summed E-state index contributed by atoms with van der Waals surface area (Å²) < 4.78 is 14.3. The molecule has 170 valence electrons. The van der Waals surface area contributed by atoms with Crippen LogP contribution >= 0.6 is 45.8 Å². The average molecular weight is 596 g/mol. The Morgan fingerprint density at radius 1 is 1.12 bits per heavy atom. The first-order chi connectivity index (χ1) is 15.8. The van der Waals surface area contributed by atoms with Crippen molar-refractivity contribution in [2.75, 3.05) is 5.32 Å². The minimum atomic E-state index is -0.356. The SMILES string of the molecule is Cc1nn(Cc2ccc(Cl)cc2Cl)c(C)c1NC(=O)c1ccc(COc2ccc(I)cc2)o1. The summed E-state index contributed by atoms with van der Waals surface area (Å²) >= 11 is 14.5. The van der Waals surface area contributed by atoms with Crippen LogP contribution in [-0.4, -0.2) is 15.7 Å². The second kappa shape index (κ2) is 10.2. The van der Waals surface area contributed by atoms with Gasteiger partial charge in [0.25, 0.3) is 5.91 Å². The maximum atomic E-state index is 12.8. The van der Waals surface area contributed by atoms with Gasteiger partial charge >= 0.3 is 0 Å². The zero-order chi connectivity index (χ0) is 23.5. The van der Waals surface area contributed by atoms with Crippen molar-refractivity contribution in [3.05, 3.63) is 96.7 Å². The van der Waals surface area contributed by atoms with Gasteiger partial charge in [0.1, 0.15) is 18.1 Å². The van der Waals surface area contributed by atoms with Crippen molar-refractivity contribution < 1.29 is 13.9 Å². The lowest BCUT2D eigenvalue weighted by Crippen LogP contribution is -2.12. The number of rotatable bonds is 7. The summed E-state index contributed by atoms with van der Waals surface area (Å²) in [5.41, 5.74) is 3.02. The van der Waals surface area contributed by atoms with Gasteiger partial charge in [-0.3, -0.25) is 9.48 Å². The molecule has 33 heavy (non-hydrogen) atoms. The molecule has 0 unspecified atom stereocenters. The quantitative estimate of drug-likeness (QED) is 0.236. The number of benzene rings is 2. The fraction of sp³-hybridized carbons (Fsp3) is 0.167. The van der Waals surface area contributed by atoms with E-state index in [0.717, 1.165) is 20.6 Å². The van der Waals surface area contributed by atoms with Gasteiger partial charge in [-0.2, -0.15) is 5.10 Å². The predicted octanol–water partition coefficient (Wildman–Crippen LogP) is 6.88. The van der Waals surface area contributed by atoms with Gasteiger partial charge in [0.05, 0.1) is 23.6 Å². The Hall–Kier alpha value is -2.49. The molecular weight excluding hydrogens is 576 g/mol. The Bertz CT molecular complexity index is 1300. The van der Waals surface area contributed by atoms with Gasteiger partial charge in [0.2, 0.25) is 0 Å². The molecule has 0 bridgehead atoms. The third-order valence-corrected chi connectivity index (χ3v) is 6.34. The molecule has 0 aliphatic rings. The minimum absolute atomic E-state index is 0.198. The van der Waals surface area contributed by atoms with E-state index < -0.39 is 0 Å². The molecule has 2 aromatic carbocycles. The van der Waals surface area contributed by atoms with Gasteiger partial charge in [-0.05, 0) is 90.5 Å². The maximum absolute atomic E-state index is 12.8. The number of carbonyl (C=O) groups excluding carboxylic acids is 1. The van der Waals surface area contributed by atoms with Crippen molar-refractivity contribution in [1.29, 1.82) is 0 Å². The van der Waals surface area contributed by atoms with Crippen molar-refractivity contribution in [3.63, 3.8) is 0 Å². The van der Waals surface area contributed by atoms with Gasteiger partial charge in [0.15, 0.2) is 5.76 Å². The number of ether oxygens (including phenoxy) is 1. The van der Waals surface area contributed by atoms with Crippen molar-refractivity contribution in [2.45, 2.75) is 27.0 Å². The molecule has 0 saturated carbocycles. The predicted molar refractivity (Wildman–Crippen MR) is 137 cm³/mol. The first kappa shape index (κ1) is 23.7. The zero-order valence-corrected chi connectivity index (χ0v) is 21.5. The van der Waals surface area contributed by atoms with Gasteiger partial charge in [0, 0.05) is 13.6 Å². The van der Waals surface area contributed by atoms with Crippen molar-refractivity contribution in [1.82, 2.24) is 9.78 Å². The van der Waals surface area contributed by atoms with E-state index in [-0.39, 0.29) is 18.3 Å². The molecule has 2 aromatic heterocycles. The van der Waals surface area contributed by atoms with Crippen LogP contribution < -0.4 is 10.1 Å². The molecule has 1 amide bonds. The number of nitrogens with zero attached hydrogens (tertiary/aromatic N) is 2. The highest BCUT2D eigenvalue weighted by Crippen LogP contribution is 2.25. The van der Waals surface area contributed by atoms with E-state index in [1.807, 2.05) is 44.2 Å².